The van der Waals surface area contributed by atoms with E-state index in [4.69, 9.17) is 18.9 Å². The Morgan fingerprint density at radius 3 is 2.48 bits per heavy atom. The summed E-state index contributed by atoms with van der Waals surface area (Å²) in [4.78, 5) is 16.6. The molecule has 8 nitrogen and oxygen atoms in total. The zero-order chi connectivity index (χ0) is 20.2. The van der Waals surface area contributed by atoms with Crippen molar-refractivity contribution in [1.82, 2.24) is 10.2 Å². The molecule has 1 N–H and O–H groups in total. The molecular formula is C21H25N3O5. The fraction of sp³-hybridized carbons (Fsp3) is 0.381. The molecule has 0 bridgehead atoms. The number of hydrogen-bond donors (Lipinski definition) is 1. The zero-order valence-corrected chi connectivity index (χ0v) is 16.6. The van der Waals surface area contributed by atoms with Crippen LogP contribution in [0.15, 0.2) is 36.4 Å². The first-order valence-electron chi connectivity index (χ1n) is 9.56. The minimum Gasteiger partial charge on any atom is -0.493 e. The Balaban J connectivity index is 1.29. The van der Waals surface area contributed by atoms with Crippen molar-refractivity contribution >= 4 is 11.7 Å². The van der Waals surface area contributed by atoms with Gasteiger partial charge in [-0.15, -0.1) is 0 Å². The average molecular weight is 399 g/mol. The number of fused-ring (bicyclic) bond motifs is 1. The second-order valence-electron chi connectivity index (χ2n) is 6.86. The topological polar surface area (TPSA) is 72.5 Å². The van der Waals surface area contributed by atoms with Gasteiger partial charge in [-0.2, -0.15) is 0 Å². The lowest BCUT2D eigenvalue weighted by Gasteiger charge is -2.36. The molecule has 0 spiro atoms. The number of nitrogens with zero attached hydrogens (tertiary/aromatic N) is 2. The van der Waals surface area contributed by atoms with Gasteiger partial charge in [0.1, 0.15) is 0 Å². The van der Waals surface area contributed by atoms with E-state index in [9.17, 15) is 4.79 Å². The number of carbonyl (C=O) groups excluding carboxylic acids is 1. The summed E-state index contributed by atoms with van der Waals surface area (Å²) in [7, 11) is 3.20. The molecule has 4 rings (SSSR count). The first-order chi connectivity index (χ1) is 14.2. The lowest BCUT2D eigenvalue weighted by Crippen LogP contribution is -2.51. The summed E-state index contributed by atoms with van der Waals surface area (Å²) in [6.07, 6.45) is 0. The molecule has 1 saturated heterocycles. The molecule has 0 saturated carbocycles. The molecular weight excluding hydrogens is 374 g/mol. The average Bonchev–Trinajstić information content (AvgIpc) is 3.25. The van der Waals surface area contributed by atoms with Crippen LogP contribution in [0.2, 0.25) is 0 Å². The summed E-state index contributed by atoms with van der Waals surface area (Å²) in [5.74, 6) is 2.87. The number of piperazine rings is 1. The van der Waals surface area contributed by atoms with Gasteiger partial charge in [-0.05, 0) is 29.8 Å². The van der Waals surface area contributed by atoms with Crippen molar-refractivity contribution < 1.29 is 23.7 Å². The molecule has 0 aliphatic carbocycles. The van der Waals surface area contributed by atoms with Gasteiger partial charge in [-0.1, -0.05) is 6.07 Å². The van der Waals surface area contributed by atoms with Gasteiger partial charge in [0, 0.05) is 44.5 Å². The number of benzene rings is 2. The highest BCUT2D eigenvalue weighted by Gasteiger charge is 2.23. The van der Waals surface area contributed by atoms with Crippen molar-refractivity contribution in [2.45, 2.75) is 6.54 Å². The predicted molar refractivity (Wildman–Crippen MR) is 108 cm³/mol. The molecule has 0 unspecified atom stereocenters. The fourth-order valence-electron chi connectivity index (χ4n) is 3.53. The van der Waals surface area contributed by atoms with Crippen LogP contribution in [0.1, 0.15) is 5.56 Å². The number of ether oxygens (including phenoxy) is 4. The number of amides is 2. The second-order valence-corrected chi connectivity index (χ2v) is 6.86. The van der Waals surface area contributed by atoms with Crippen LogP contribution in [0.3, 0.4) is 0 Å². The van der Waals surface area contributed by atoms with Crippen LogP contribution in [0.5, 0.6) is 23.0 Å². The van der Waals surface area contributed by atoms with Crippen LogP contribution >= 0.6 is 0 Å². The van der Waals surface area contributed by atoms with E-state index >= 15 is 0 Å². The number of urea groups is 1. The number of hydrogen-bond acceptors (Lipinski definition) is 6. The van der Waals surface area contributed by atoms with E-state index in [0.717, 1.165) is 35.8 Å². The molecule has 29 heavy (non-hydrogen) atoms. The Morgan fingerprint density at radius 2 is 1.72 bits per heavy atom. The van der Waals surface area contributed by atoms with E-state index in [-0.39, 0.29) is 12.8 Å². The molecule has 0 atom stereocenters. The summed E-state index contributed by atoms with van der Waals surface area (Å²) >= 11 is 0. The second kappa shape index (κ2) is 8.38. The minimum absolute atomic E-state index is 0.0647. The van der Waals surface area contributed by atoms with E-state index in [1.54, 1.807) is 14.2 Å². The molecule has 2 aliphatic rings. The maximum Gasteiger partial charge on any atom is 0.317 e. The molecule has 1 fully saturated rings. The van der Waals surface area contributed by atoms with E-state index in [0.29, 0.717) is 31.1 Å². The third-order valence-corrected chi connectivity index (χ3v) is 5.18. The van der Waals surface area contributed by atoms with Crippen molar-refractivity contribution in [2.75, 3.05) is 52.1 Å². The number of rotatable bonds is 5. The maximum atomic E-state index is 12.5. The molecule has 2 heterocycles. The van der Waals surface area contributed by atoms with Crippen LogP contribution in [0.4, 0.5) is 10.5 Å². The normalized spacial score (nSPS) is 15.2. The largest absolute Gasteiger partial charge is 0.493 e. The monoisotopic (exact) mass is 399 g/mol. The van der Waals surface area contributed by atoms with E-state index in [2.05, 4.69) is 10.2 Å². The molecule has 2 amide bonds. The number of anilines is 1. The Bertz CT molecular complexity index is 881. The maximum absolute atomic E-state index is 12.5. The molecule has 0 aromatic heterocycles. The molecule has 8 heteroatoms. The van der Waals surface area contributed by atoms with Crippen molar-refractivity contribution in [2.24, 2.45) is 0 Å². The summed E-state index contributed by atoms with van der Waals surface area (Å²) < 4.78 is 21.4. The Hall–Kier alpha value is -3.29. The van der Waals surface area contributed by atoms with Crippen LogP contribution in [-0.2, 0) is 6.54 Å². The van der Waals surface area contributed by atoms with Crippen LogP contribution in [0, 0.1) is 0 Å². The predicted octanol–water partition coefficient (Wildman–Crippen LogP) is 2.46. The highest BCUT2D eigenvalue weighted by Crippen LogP contribution is 2.35. The van der Waals surface area contributed by atoms with E-state index in [1.165, 1.54) is 0 Å². The lowest BCUT2D eigenvalue weighted by molar-refractivity contribution is 0.174. The standard InChI is InChI=1S/C21H25N3O5/c1-26-17-5-3-15(11-19(17)27-2)13-22-21(25)24-9-7-23(8-10-24)16-4-6-18-20(12-16)29-14-28-18/h3-6,11-12H,7-10,13-14H2,1-2H3,(H,22,25). The summed E-state index contributed by atoms with van der Waals surface area (Å²) in [5.41, 5.74) is 2.04. The zero-order valence-electron chi connectivity index (χ0n) is 16.6. The minimum atomic E-state index is -0.0647. The first-order valence-corrected chi connectivity index (χ1v) is 9.56. The van der Waals surface area contributed by atoms with Gasteiger partial charge in [-0.3, -0.25) is 0 Å². The van der Waals surface area contributed by atoms with Gasteiger partial charge in [0.15, 0.2) is 23.0 Å². The highest BCUT2D eigenvalue weighted by atomic mass is 16.7. The van der Waals surface area contributed by atoms with Gasteiger partial charge >= 0.3 is 6.03 Å². The number of carbonyl (C=O) groups is 1. The van der Waals surface area contributed by atoms with Gasteiger partial charge < -0.3 is 34.1 Å². The van der Waals surface area contributed by atoms with Gasteiger partial charge in [0.2, 0.25) is 6.79 Å². The third kappa shape index (κ3) is 4.11. The molecule has 2 aromatic carbocycles. The van der Waals surface area contributed by atoms with Crippen LogP contribution in [0.25, 0.3) is 0 Å². The third-order valence-electron chi connectivity index (χ3n) is 5.18. The summed E-state index contributed by atoms with van der Waals surface area (Å²) in [6, 6.07) is 11.5. The number of methoxy groups -OCH3 is 2. The van der Waals surface area contributed by atoms with Gasteiger partial charge in [0.05, 0.1) is 14.2 Å². The first kappa shape index (κ1) is 19.0. The Kier molecular flexibility index (Phi) is 5.50. The van der Waals surface area contributed by atoms with Gasteiger partial charge in [-0.25, -0.2) is 4.79 Å². The molecule has 2 aromatic rings. The quantitative estimate of drug-likeness (QED) is 0.833. The Labute approximate surface area is 169 Å². The highest BCUT2D eigenvalue weighted by molar-refractivity contribution is 5.74. The molecule has 2 aliphatic heterocycles. The summed E-state index contributed by atoms with van der Waals surface area (Å²) in [6.45, 7) is 3.56. The molecule has 0 radical (unpaired) electrons. The van der Waals surface area contributed by atoms with Gasteiger partial charge in [0.25, 0.3) is 0 Å². The Morgan fingerprint density at radius 1 is 0.966 bits per heavy atom. The SMILES string of the molecule is COc1ccc(CNC(=O)N2CCN(c3ccc4c(c3)OCO4)CC2)cc1OC. The van der Waals surface area contributed by atoms with Crippen LogP contribution in [-0.4, -0.2) is 58.1 Å². The fourth-order valence-corrected chi connectivity index (χ4v) is 3.53. The summed E-state index contributed by atoms with van der Waals surface area (Å²) in [5, 5.41) is 2.98. The van der Waals surface area contributed by atoms with Crippen molar-refractivity contribution in [3.8, 4) is 23.0 Å². The smallest absolute Gasteiger partial charge is 0.317 e. The van der Waals surface area contributed by atoms with Crippen molar-refractivity contribution in [3.63, 3.8) is 0 Å². The lowest BCUT2D eigenvalue weighted by atomic mass is 10.2. The van der Waals surface area contributed by atoms with E-state index in [1.807, 2.05) is 41.3 Å². The van der Waals surface area contributed by atoms with Crippen LogP contribution < -0.4 is 29.2 Å². The van der Waals surface area contributed by atoms with E-state index < -0.39 is 0 Å². The van der Waals surface area contributed by atoms with Crippen molar-refractivity contribution in [1.29, 1.82) is 0 Å². The number of nitrogens with one attached hydrogen (secondary N) is 1. The van der Waals surface area contributed by atoms with Crippen molar-refractivity contribution in [3.05, 3.63) is 42.0 Å². The molecule has 154 valence electrons.